The standard InChI is InChI=1S/C32H26N8O2.C7H8O3S/c1-37-27(21-39-17-5-3-7-29(37)39)25-13-9-23(10-14-25)19-33-35-31(41)32(42)36-34-20-24-11-15-26(16-12-24)28-22-40-18-6-4-8-30(40)38(28)2;1-6-2-4-7(5-3-6)11(8,9)10/h3-22H,1-2H3;2-5H,1H3,(H,8,9,10)/p+2. The van der Waals surface area contributed by atoms with Gasteiger partial charge in [0.15, 0.2) is 11.4 Å². The minimum atomic E-state index is -4.02. The SMILES string of the molecule is C[n+]1c(-c2ccc(C=NNC(=O)C(=O)NN=Cc3ccc(-c4cn5ccccc5[n+]4C)cc3)cc2)cn2ccccc21.Cc1ccc(S(=O)(=O)O)cc1. The molecule has 53 heavy (non-hydrogen) atoms. The summed E-state index contributed by atoms with van der Waals surface area (Å²) in [5, 5.41) is 7.79. The van der Waals surface area contributed by atoms with Gasteiger partial charge in [0.25, 0.3) is 21.4 Å². The number of aromatic nitrogens is 4. The summed E-state index contributed by atoms with van der Waals surface area (Å²) in [6.45, 7) is 1.84. The third-order valence-corrected chi connectivity index (χ3v) is 9.23. The Balaban J connectivity index is 0.000000376. The van der Waals surface area contributed by atoms with Gasteiger partial charge in [0.2, 0.25) is 0 Å². The van der Waals surface area contributed by atoms with Crippen LogP contribution in [0.15, 0.2) is 149 Å². The first-order chi connectivity index (χ1) is 25.5. The van der Waals surface area contributed by atoms with Crippen LogP contribution >= 0.6 is 0 Å². The van der Waals surface area contributed by atoms with Crippen LogP contribution in [0.5, 0.6) is 0 Å². The molecule has 0 aliphatic carbocycles. The molecular formula is C39H36N8O5S+2. The molecule has 0 radical (unpaired) electrons. The number of hydrogen-bond donors (Lipinski definition) is 3. The van der Waals surface area contributed by atoms with Gasteiger partial charge in [-0.15, -0.1) is 0 Å². The van der Waals surface area contributed by atoms with Crippen molar-refractivity contribution in [3.8, 4) is 22.5 Å². The summed E-state index contributed by atoms with van der Waals surface area (Å²) < 4.78 is 37.9. The molecule has 0 saturated carbocycles. The van der Waals surface area contributed by atoms with E-state index in [2.05, 4.69) is 63.5 Å². The molecule has 0 saturated heterocycles. The molecule has 266 valence electrons. The van der Waals surface area contributed by atoms with E-state index in [-0.39, 0.29) is 4.90 Å². The van der Waals surface area contributed by atoms with Gasteiger partial charge in [0.05, 0.1) is 43.8 Å². The van der Waals surface area contributed by atoms with Gasteiger partial charge >= 0.3 is 11.8 Å². The summed E-state index contributed by atoms with van der Waals surface area (Å²) in [4.78, 5) is 24.2. The third-order valence-electron chi connectivity index (χ3n) is 8.37. The Labute approximate surface area is 305 Å². The van der Waals surface area contributed by atoms with Crippen molar-refractivity contribution in [3.63, 3.8) is 0 Å². The molecule has 0 spiro atoms. The van der Waals surface area contributed by atoms with Gasteiger partial charge in [-0.05, 0) is 66.6 Å². The van der Waals surface area contributed by atoms with Crippen molar-refractivity contribution < 1.29 is 31.7 Å². The predicted molar refractivity (Wildman–Crippen MR) is 200 cm³/mol. The minimum Gasteiger partial charge on any atom is -0.282 e. The second-order valence-electron chi connectivity index (χ2n) is 12.0. The number of hydrazone groups is 2. The van der Waals surface area contributed by atoms with Crippen molar-refractivity contribution in [3.05, 3.63) is 151 Å². The molecule has 4 aromatic heterocycles. The molecule has 0 fully saturated rings. The second-order valence-corrected chi connectivity index (χ2v) is 13.4. The normalized spacial score (nSPS) is 11.5. The van der Waals surface area contributed by atoms with Gasteiger partial charge in [0, 0.05) is 23.3 Å². The zero-order valence-corrected chi connectivity index (χ0v) is 29.8. The fraction of sp³-hybridized carbons (Fsp3) is 0.0769. The number of benzene rings is 3. The van der Waals surface area contributed by atoms with Gasteiger partial charge in [-0.2, -0.15) is 18.6 Å². The molecular weight excluding hydrogens is 693 g/mol. The number of carbonyl (C=O) groups excluding carboxylic acids is 2. The molecule has 13 nitrogen and oxygen atoms in total. The molecule has 0 unspecified atom stereocenters. The van der Waals surface area contributed by atoms with Crippen LogP contribution in [-0.4, -0.2) is 46.0 Å². The maximum atomic E-state index is 12.1. The highest BCUT2D eigenvalue weighted by molar-refractivity contribution is 7.85. The highest BCUT2D eigenvalue weighted by Gasteiger charge is 2.17. The fourth-order valence-corrected chi connectivity index (χ4v) is 6.00. The van der Waals surface area contributed by atoms with Gasteiger partial charge in [0.1, 0.15) is 12.4 Å². The Bertz CT molecular complexity index is 2450. The number of hydrogen-bond acceptors (Lipinski definition) is 6. The summed E-state index contributed by atoms with van der Waals surface area (Å²) >= 11 is 0. The first-order valence-corrected chi connectivity index (χ1v) is 17.7. The van der Waals surface area contributed by atoms with Crippen LogP contribution in [-0.2, 0) is 33.8 Å². The Hall–Kier alpha value is -6.77. The summed E-state index contributed by atoms with van der Waals surface area (Å²) in [5.41, 5.74) is 13.3. The Morgan fingerprint density at radius 2 is 1.06 bits per heavy atom. The Kier molecular flexibility index (Phi) is 10.6. The number of pyridine rings is 2. The van der Waals surface area contributed by atoms with E-state index >= 15 is 0 Å². The van der Waals surface area contributed by atoms with Gasteiger partial charge in [-0.3, -0.25) is 14.1 Å². The lowest BCUT2D eigenvalue weighted by Gasteiger charge is -2.00. The summed E-state index contributed by atoms with van der Waals surface area (Å²) in [6.07, 6.45) is 11.1. The van der Waals surface area contributed by atoms with Crippen LogP contribution < -0.4 is 20.0 Å². The van der Waals surface area contributed by atoms with Crippen molar-refractivity contribution in [2.75, 3.05) is 0 Å². The lowest BCUT2D eigenvalue weighted by atomic mass is 10.1. The molecule has 0 atom stereocenters. The number of rotatable bonds is 7. The van der Waals surface area contributed by atoms with Crippen molar-refractivity contribution >= 4 is 45.7 Å². The molecule has 3 aromatic carbocycles. The zero-order valence-electron chi connectivity index (χ0n) is 29.0. The number of carbonyl (C=O) groups is 2. The minimum absolute atomic E-state index is 0.0666. The second kappa shape index (κ2) is 15.6. The average molecular weight is 729 g/mol. The van der Waals surface area contributed by atoms with Crippen LogP contribution in [0.1, 0.15) is 16.7 Å². The van der Waals surface area contributed by atoms with E-state index in [0.717, 1.165) is 50.5 Å². The summed E-state index contributed by atoms with van der Waals surface area (Å²) in [7, 11) is 0.0220. The molecule has 3 N–H and O–H groups in total. The molecule has 7 aromatic rings. The molecule has 7 rings (SSSR count). The highest BCUT2D eigenvalue weighted by Crippen LogP contribution is 2.19. The topological polar surface area (TPSA) is 154 Å². The smallest absolute Gasteiger partial charge is 0.282 e. The van der Waals surface area contributed by atoms with E-state index in [4.69, 9.17) is 4.55 Å². The van der Waals surface area contributed by atoms with Gasteiger partial charge in [-0.25, -0.2) is 28.8 Å². The largest absolute Gasteiger partial charge is 0.331 e. The van der Waals surface area contributed by atoms with Crippen LogP contribution in [0.4, 0.5) is 0 Å². The van der Waals surface area contributed by atoms with E-state index in [9.17, 15) is 18.0 Å². The first kappa shape index (κ1) is 36.0. The molecule has 0 bridgehead atoms. The van der Waals surface area contributed by atoms with E-state index in [1.807, 2.05) is 106 Å². The van der Waals surface area contributed by atoms with Gasteiger partial charge in [-0.1, -0.05) is 54.1 Å². The predicted octanol–water partition coefficient (Wildman–Crippen LogP) is 4.02. The maximum Gasteiger partial charge on any atom is 0.331 e. The van der Waals surface area contributed by atoms with E-state index in [1.54, 1.807) is 12.1 Å². The Morgan fingerprint density at radius 1 is 0.642 bits per heavy atom. The number of fused-ring (bicyclic) bond motifs is 2. The van der Waals surface area contributed by atoms with Crippen LogP contribution in [0, 0.1) is 6.92 Å². The number of amides is 2. The van der Waals surface area contributed by atoms with E-state index in [0.29, 0.717) is 0 Å². The summed E-state index contributed by atoms with van der Waals surface area (Å²) in [5.74, 6) is -1.84. The molecule has 2 amide bonds. The van der Waals surface area contributed by atoms with Crippen molar-refractivity contribution in [2.45, 2.75) is 11.8 Å². The number of nitrogens with one attached hydrogen (secondary N) is 2. The van der Waals surface area contributed by atoms with Crippen LogP contribution in [0.3, 0.4) is 0 Å². The monoisotopic (exact) mass is 728 g/mol. The van der Waals surface area contributed by atoms with Crippen molar-refractivity contribution in [1.29, 1.82) is 0 Å². The van der Waals surface area contributed by atoms with Crippen LogP contribution in [0.25, 0.3) is 33.8 Å². The first-order valence-electron chi connectivity index (χ1n) is 16.3. The number of imidazole rings is 2. The van der Waals surface area contributed by atoms with Crippen LogP contribution in [0.2, 0.25) is 0 Å². The Morgan fingerprint density at radius 3 is 1.43 bits per heavy atom. The molecule has 4 heterocycles. The number of aryl methyl sites for hydroxylation is 3. The quantitative estimate of drug-likeness (QED) is 0.0745. The van der Waals surface area contributed by atoms with Gasteiger partial charge < -0.3 is 0 Å². The third kappa shape index (κ3) is 8.58. The van der Waals surface area contributed by atoms with E-state index < -0.39 is 21.9 Å². The average Bonchev–Trinajstić information content (AvgIpc) is 3.68. The number of nitrogens with zero attached hydrogens (tertiary/aromatic N) is 6. The summed E-state index contributed by atoms with van der Waals surface area (Å²) in [6, 6.07) is 33.6. The molecule has 0 aliphatic heterocycles. The zero-order chi connectivity index (χ0) is 37.5. The molecule has 0 aliphatic rings. The molecule has 14 heteroatoms. The van der Waals surface area contributed by atoms with Crippen molar-refractivity contribution in [1.82, 2.24) is 19.7 Å². The highest BCUT2D eigenvalue weighted by atomic mass is 32.2. The fourth-order valence-electron chi connectivity index (χ4n) is 5.52. The van der Waals surface area contributed by atoms with Crippen molar-refractivity contribution in [2.24, 2.45) is 24.3 Å². The lowest BCUT2D eigenvalue weighted by Crippen LogP contribution is -2.35. The lowest BCUT2D eigenvalue weighted by molar-refractivity contribution is -0.633. The maximum absolute atomic E-state index is 12.1. The van der Waals surface area contributed by atoms with E-state index in [1.165, 1.54) is 24.6 Å².